The van der Waals surface area contributed by atoms with Gasteiger partial charge in [0, 0.05) is 54.5 Å². The molecular weight excluding hydrogens is 437 g/mol. The van der Waals surface area contributed by atoms with E-state index in [1.807, 2.05) is 52.0 Å². The van der Waals surface area contributed by atoms with E-state index in [-0.39, 0.29) is 12.1 Å². The molecule has 0 aliphatic carbocycles. The van der Waals surface area contributed by atoms with Gasteiger partial charge >= 0.3 is 5.97 Å². The zero-order valence-corrected chi connectivity index (χ0v) is 20.6. The number of hydrogen-bond donors (Lipinski definition) is 2. The minimum atomic E-state index is -0.679. The highest BCUT2D eigenvalue weighted by molar-refractivity contribution is 6.18. The second kappa shape index (κ2) is 11.2. The maximum Gasteiger partial charge on any atom is 0.323 e. The largest absolute Gasteiger partial charge is 0.461 e. The van der Waals surface area contributed by atoms with Crippen LogP contribution in [0.2, 0.25) is 0 Å². The summed E-state index contributed by atoms with van der Waals surface area (Å²) in [6.07, 6.45) is 2.06. The average molecular weight is 474 g/mol. The minimum absolute atomic E-state index is 0.263. The molecule has 31 heavy (non-hydrogen) atoms. The van der Waals surface area contributed by atoms with Crippen molar-refractivity contribution >= 4 is 34.9 Å². The third-order valence-corrected chi connectivity index (χ3v) is 6.28. The third-order valence-electron chi connectivity index (χ3n) is 5.94. The van der Waals surface area contributed by atoms with Crippen LogP contribution in [-0.2, 0) is 16.0 Å². The summed E-state index contributed by atoms with van der Waals surface area (Å²) in [6.45, 7) is 9.26. The molecule has 3 N–H and O–H groups in total. The van der Waals surface area contributed by atoms with Crippen molar-refractivity contribution in [3.8, 4) is 0 Å². The van der Waals surface area contributed by atoms with E-state index in [9.17, 15) is 10.0 Å². The van der Waals surface area contributed by atoms with Crippen LogP contribution in [0.1, 0.15) is 52.5 Å². The fraction of sp³-hybridized carbons (Fsp3) is 0.696. The molecule has 1 aliphatic rings. The molecule has 0 saturated carbocycles. The Morgan fingerprint density at radius 2 is 1.68 bits per heavy atom. The van der Waals surface area contributed by atoms with E-state index in [1.165, 1.54) is 5.06 Å². The molecule has 8 heteroatoms. The number of nitrogens with two attached hydrogens (primary N) is 1. The Labute approximate surface area is 196 Å². The van der Waals surface area contributed by atoms with Crippen LogP contribution in [0.4, 0.5) is 5.69 Å². The van der Waals surface area contributed by atoms with Crippen LogP contribution in [0.15, 0.2) is 24.3 Å². The van der Waals surface area contributed by atoms with E-state index in [0.29, 0.717) is 37.4 Å². The predicted octanol–water partition coefficient (Wildman–Crippen LogP) is 4.18. The van der Waals surface area contributed by atoms with Gasteiger partial charge in [0.1, 0.15) is 12.1 Å². The van der Waals surface area contributed by atoms with Gasteiger partial charge in [-0.25, -0.2) is 0 Å². The Kier molecular flexibility index (Phi) is 9.46. The monoisotopic (exact) mass is 473 g/mol. The fourth-order valence-corrected chi connectivity index (χ4v) is 4.81. The van der Waals surface area contributed by atoms with Crippen molar-refractivity contribution < 1.29 is 14.7 Å². The van der Waals surface area contributed by atoms with Crippen LogP contribution in [0.3, 0.4) is 0 Å². The molecule has 1 fully saturated rings. The number of carbonyl (C=O) groups is 1. The van der Waals surface area contributed by atoms with Crippen LogP contribution in [-0.4, -0.2) is 64.3 Å². The number of piperidine rings is 1. The van der Waals surface area contributed by atoms with Crippen molar-refractivity contribution in [2.24, 2.45) is 5.73 Å². The molecule has 0 radical (unpaired) electrons. The van der Waals surface area contributed by atoms with Crippen LogP contribution < -0.4 is 10.6 Å². The maximum atomic E-state index is 12.6. The van der Waals surface area contributed by atoms with Crippen molar-refractivity contribution in [2.75, 3.05) is 29.7 Å². The first-order valence-corrected chi connectivity index (χ1v) is 12.0. The molecule has 1 aromatic carbocycles. The number of benzene rings is 1. The van der Waals surface area contributed by atoms with E-state index in [2.05, 4.69) is 4.90 Å². The fourth-order valence-electron chi connectivity index (χ4n) is 4.40. The number of nitrogens with zero attached hydrogens (tertiary/aromatic N) is 2. The zero-order valence-electron chi connectivity index (χ0n) is 19.1. The molecule has 1 aromatic rings. The van der Waals surface area contributed by atoms with Gasteiger partial charge in [0.05, 0.1) is 0 Å². The molecule has 0 spiro atoms. The van der Waals surface area contributed by atoms with Crippen LogP contribution in [0, 0.1) is 0 Å². The number of ether oxygens (including phenoxy) is 1. The van der Waals surface area contributed by atoms with Gasteiger partial charge in [-0.1, -0.05) is 12.1 Å². The first kappa shape index (κ1) is 26.2. The van der Waals surface area contributed by atoms with Crippen LogP contribution in [0.5, 0.6) is 0 Å². The topological polar surface area (TPSA) is 79.0 Å². The summed E-state index contributed by atoms with van der Waals surface area (Å²) < 4.78 is 5.73. The Morgan fingerprint density at radius 3 is 2.16 bits per heavy atom. The summed E-state index contributed by atoms with van der Waals surface area (Å²) in [6, 6.07) is 7.51. The predicted molar refractivity (Wildman–Crippen MR) is 127 cm³/mol. The number of hydrogen-bond acceptors (Lipinski definition) is 6. The van der Waals surface area contributed by atoms with Crippen molar-refractivity contribution in [2.45, 2.75) is 76.6 Å². The number of anilines is 1. The number of alkyl halides is 2. The second-order valence-corrected chi connectivity index (χ2v) is 10.3. The normalized spacial score (nSPS) is 19.7. The first-order valence-electron chi connectivity index (χ1n) is 10.9. The third kappa shape index (κ3) is 7.22. The second-order valence-electron chi connectivity index (χ2n) is 9.58. The van der Waals surface area contributed by atoms with Crippen LogP contribution in [0.25, 0.3) is 0 Å². The van der Waals surface area contributed by atoms with E-state index in [1.54, 1.807) is 0 Å². The smallest absolute Gasteiger partial charge is 0.323 e. The lowest BCUT2D eigenvalue weighted by molar-refractivity contribution is -0.259. The highest BCUT2D eigenvalue weighted by atomic mass is 35.5. The number of esters is 1. The van der Waals surface area contributed by atoms with Crippen LogP contribution >= 0.6 is 23.2 Å². The quantitative estimate of drug-likeness (QED) is 0.391. The molecule has 176 valence electrons. The Balaban J connectivity index is 1.88. The molecule has 1 unspecified atom stereocenters. The zero-order chi connectivity index (χ0) is 23.2. The lowest BCUT2D eigenvalue weighted by atomic mass is 9.80. The SMILES string of the molecule is CC1(C)CC(OC(=O)C(N)CCc2ccc(N(CCCl)CCCl)cc2)CC(C)(C)N1O. The molecule has 2 rings (SSSR count). The van der Waals surface area contributed by atoms with Gasteiger partial charge in [-0.3, -0.25) is 4.79 Å². The number of rotatable bonds is 10. The summed E-state index contributed by atoms with van der Waals surface area (Å²) in [7, 11) is 0. The van der Waals surface area contributed by atoms with Crippen molar-refractivity contribution in [1.82, 2.24) is 5.06 Å². The minimum Gasteiger partial charge on any atom is -0.461 e. The molecule has 1 atom stereocenters. The molecule has 1 saturated heterocycles. The van der Waals surface area contributed by atoms with Gasteiger partial charge in [0.2, 0.25) is 0 Å². The number of carbonyl (C=O) groups excluding carboxylic acids is 1. The Morgan fingerprint density at radius 1 is 1.16 bits per heavy atom. The Hall–Kier alpha value is -1.05. The number of aryl methyl sites for hydroxylation is 1. The summed E-state index contributed by atoms with van der Waals surface area (Å²) in [5, 5.41) is 11.8. The maximum absolute atomic E-state index is 12.6. The van der Waals surface area contributed by atoms with Gasteiger partial charge in [0.15, 0.2) is 0 Å². The lowest BCUT2D eigenvalue weighted by Gasteiger charge is -2.51. The van der Waals surface area contributed by atoms with Gasteiger partial charge in [-0.2, -0.15) is 5.06 Å². The van der Waals surface area contributed by atoms with E-state index in [0.717, 1.165) is 24.3 Å². The molecule has 1 heterocycles. The highest BCUT2D eigenvalue weighted by Crippen LogP contribution is 2.38. The van der Waals surface area contributed by atoms with E-state index >= 15 is 0 Å². The first-order chi connectivity index (χ1) is 14.5. The van der Waals surface area contributed by atoms with Crippen molar-refractivity contribution in [3.63, 3.8) is 0 Å². The number of halogens is 2. The highest BCUT2D eigenvalue weighted by Gasteiger charge is 2.46. The molecular formula is C23H37Cl2N3O3. The van der Waals surface area contributed by atoms with Crippen molar-refractivity contribution in [1.29, 1.82) is 0 Å². The molecule has 0 aromatic heterocycles. The average Bonchev–Trinajstić information content (AvgIpc) is 2.70. The van der Waals surface area contributed by atoms with Gasteiger partial charge < -0.3 is 20.6 Å². The summed E-state index contributed by atoms with van der Waals surface area (Å²) >= 11 is 11.8. The Bertz CT molecular complexity index is 689. The lowest BCUT2D eigenvalue weighted by Crippen LogP contribution is -2.61. The molecule has 0 bridgehead atoms. The van der Waals surface area contributed by atoms with Gasteiger partial charge in [0.25, 0.3) is 0 Å². The van der Waals surface area contributed by atoms with Gasteiger partial charge in [-0.05, 0) is 58.2 Å². The van der Waals surface area contributed by atoms with E-state index in [4.69, 9.17) is 33.7 Å². The van der Waals surface area contributed by atoms with Crippen molar-refractivity contribution in [3.05, 3.63) is 29.8 Å². The summed E-state index contributed by atoms with van der Waals surface area (Å²) in [5.74, 6) is 0.706. The van der Waals surface area contributed by atoms with E-state index < -0.39 is 17.1 Å². The van der Waals surface area contributed by atoms with Gasteiger partial charge in [-0.15, -0.1) is 23.2 Å². The molecule has 6 nitrogen and oxygen atoms in total. The number of hydroxylamine groups is 2. The molecule has 0 amide bonds. The standard InChI is InChI=1S/C23H37Cl2N3O3/c1-22(2)15-19(16-23(3,4)28(22)30)31-21(29)20(26)10-7-17-5-8-18(9-6-17)27(13-11-24)14-12-25/h5-6,8-9,19-20,30H,7,10-16,26H2,1-4H3. The summed E-state index contributed by atoms with van der Waals surface area (Å²) in [5.41, 5.74) is 7.37. The summed E-state index contributed by atoms with van der Waals surface area (Å²) in [4.78, 5) is 14.7. The molecule has 1 aliphatic heterocycles.